The molecule has 102 valence electrons. The van der Waals surface area contributed by atoms with Crippen LogP contribution in [0, 0.1) is 5.82 Å². The highest BCUT2D eigenvalue weighted by Gasteiger charge is 2.15. The zero-order chi connectivity index (χ0) is 13.8. The Balaban J connectivity index is 2.21. The standard InChI is InChI=1S/C14H16BrFN2S/c1-2-11-4-6-14(19-11)13(18-17)8-9-7-10(15)3-5-12(9)16/h3-7,13,18H,2,8,17H2,1H3. The molecule has 19 heavy (non-hydrogen) atoms. The van der Waals surface area contributed by atoms with Crippen LogP contribution in [0.2, 0.25) is 0 Å². The summed E-state index contributed by atoms with van der Waals surface area (Å²) in [6, 6.07) is 9.07. The van der Waals surface area contributed by atoms with Crippen molar-refractivity contribution in [2.24, 2.45) is 5.84 Å². The fraction of sp³-hybridized carbons (Fsp3) is 0.286. The second-order valence-corrected chi connectivity index (χ2v) is 6.43. The van der Waals surface area contributed by atoms with Crippen LogP contribution in [-0.4, -0.2) is 0 Å². The molecule has 0 radical (unpaired) electrons. The highest BCUT2D eigenvalue weighted by Crippen LogP contribution is 2.27. The highest BCUT2D eigenvalue weighted by atomic mass is 79.9. The highest BCUT2D eigenvalue weighted by molar-refractivity contribution is 9.10. The molecule has 1 aromatic heterocycles. The fourth-order valence-electron chi connectivity index (χ4n) is 1.93. The second kappa shape index (κ2) is 6.61. The first-order valence-electron chi connectivity index (χ1n) is 6.12. The van der Waals surface area contributed by atoms with Crippen LogP contribution >= 0.6 is 27.3 Å². The smallest absolute Gasteiger partial charge is 0.126 e. The average molecular weight is 343 g/mol. The summed E-state index contributed by atoms with van der Waals surface area (Å²) in [6.45, 7) is 2.12. The van der Waals surface area contributed by atoms with Crippen LogP contribution in [0.3, 0.4) is 0 Å². The third kappa shape index (κ3) is 3.63. The Bertz CT molecular complexity index is 556. The van der Waals surface area contributed by atoms with Gasteiger partial charge in [-0.1, -0.05) is 22.9 Å². The first-order valence-corrected chi connectivity index (χ1v) is 7.73. The van der Waals surface area contributed by atoms with E-state index in [2.05, 4.69) is 40.4 Å². The van der Waals surface area contributed by atoms with E-state index in [9.17, 15) is 4.39 Å². The Morgan fingerprint density at radius 2 is 2.16 bits per heavy atom. The van der Waals surface area contributed by atoms with Crippen molar-refractivity contribution in [2.75, 3.05) is 0 Å². The average Bonchev–Trinajstić information content (AvgIpc) is 2.88. The van der Waals surface area contributed by atoms with Gasteiger partial charge in [0.05, 0.1) is 6.04 Å². The van der Waals surface area contributed by atoms with Gasteiger partial charge in [-0.3, -0.25) is 11.3 Å². The molecule has 0 saturated heterocycles. The summed E-state index contributed by atoms with van der Waals surface area (Å²) < 4.78 is 14.6. The van der Waals surface area contributed by atoms with Crippen LogP contribution in [0.1, 0.15) is 28.3 Å². The number of rotatable bonds is 5. The van der Waals surface area contributed by atoms with Gasteiger partial charge in [0.1, 0.15) is 5.82 Å². The van der Waals surface area contributed by atoms with Gasteiger partial charge in [0.2, 0.25) is 0 Å². The zero-order valence-electron chi connectivity index (χ0n) is 10.6. The van der Waals surface area contributed by atoms with E-state index in [-0.39, 0.29) is 11.9 Å². The monoisotopic (exact) mass is 342 g/mol. The lowest BCUT2D eigenvalue weighted by molar-refractivity contribution is 0.535. The van der Waals surface area contributed by atoms with E-state index in [4.69, 9.17) is 5.84 Å². The fourth-order valence-corrected chi connectivity index (χ4v) is 3.35. The Morgan fingerprint density at radius 1 is 1.37 bits per heavy atom. The third-order valence-corrected chi connectivity index (χ3v) is 4.84. The quantitative estimate of drug-likeness (QED) is 0.637. The van der Waals surface area contributed by atoms with Gasteiger partial charge in [0.25, 0.3) is 0 Å². The molecular formula is C14H16BrFN2S. The summed E-state index contributed by atoms with van der Waals surface area (Å²) in [5, 5.41) is 0. The number of aryl methyl sites for hydroxylation is 1. The number of halogens is 2. The van der Waals surface area contributed by atoms with Crippen LogP contribution in [0.15, 0.2) is 34.8 Å². The molecule has 0 fully saturated rings. The zero-order valence-corrected chi connectivity index (χ0v) is 13.0. The molecule has 1 atom stereocenters. The Morgan fingerprint density at radius 3 is 2.79 bits per heavy atom. The number of hydrogen-bond donors (Lipinski definition) is 2. The van der Waals surface area contributed by atoms with Gasteiger partial charge in [-0.15, -0.1) is 11.3 Å². The molecule has 5 heteroatoms. The molecule has 3 N–H and O–H groups in total. The van der Waals surface area contributed by atoms with Crippen molar-refractivity contribution in [3.63, 3.8) is 0 Å². The summed E-state index contributed by atoms with van der Waals surface area (Å²) in [7, 11) is 0. The maximum atomic E-state index is 13.8. The molecular weight excluding hydrogens is 327 g/mol. The first kappa shape index (κ1) is 14.7. The summed E-state index contributed by atoms with van der Waals surface area (Å²) in [5.74, 6) is 5.42. The SMILES string of the molecule is CCc1ccc(C(Cc2cc(Br)ccc2F)NN)s1. The van der Waals surface area contributed by atoms with Crippen molar-refractivity contribution < 1.29 is 4.39 Å². The molecule has 0 aliphatic rings. The predicted octanol–water partition coefficient (Wildman–Crippen LogP) is 3.96. The molecule has 1 unspecified atom stereocenters. The van der Waals surface area contributed by atoms with Gasteiger partial charge in [0, 0.05) is 14.2 Å². The Labute approximate surface area is 124 Å². The number of nitrogens with two attached hydrogens (primary N) is 1. The summed E-state index contributed by atoms with van der Waals surface area (Å²) >= 11 is 5.08. The van der Waals surface area contributed by atoms with Crippen molar-refractivity contribution in [3.8, 4) is 0 Å². The van der Waals surface area contributed by atoms with Crippen molar-refractivity contribution >= 4 is 27.3 Å². The Hall–Kier alpha value is -0.750. The summed E-state index contributed by atoms with van der Waals surface area (Å²) in [4.78, 5) is 2.45. The molecule has 0 bridgehead atoms. The van der Waals surface area contributed by atoms with Crippen molar-refractivity contribution in [1.29, 1.82) is 0 Å². The van der Waals surface area contributed by atoms with E-state index >= 15 is 0 Å². The van der Waals surface area contributed by atoms with Gasteiger partial charge in [-0.05, 0) is 48.7 Å². The van der Waals surface area contributed by atoms with Gasteiger partial charge in [-0.25, -0.2) is 4.39 Å². The van der Waals surface area contributed by atoms with Crippen LogP contribution in [0.5, 0.6) is 0 Å². The van der Waals surface area contributed by atoms with Crippen LogP contribution < -0.4 is 11.3 Å². The molecule has 0 aliphatic heterocycles. The predicted molar refractivity (Wildman–Crippen MR) is 81.6 cm³/mol. The lowest BCUT2D eigenvalue weighted by Crippen LogP contribution is -2.29. The minimum atomic E-state index is -0.198. The van der Waals surface area contributed by atoms with Gasteiger partial charge < -0.3 is 0 Å². The summed E-state index contributed by atoms with van der Waals surface area (Å²) in [6.07, 6.45) is 1.54. The topological polar surface area (TPSA) is 38.0 Å². The minimum absolute atomic E-state index is 0.0610. The number of thiophene rings is 1. The van der Waals surface area contributed by atoms with Crippen molar-refractivity contribution in [2.45, 2.75) is 25.8 Å². The molecule has 0 amide bonds. The van der Waals surface area contributed by atoms with E-state index in [1.54, 1.807) is 23.5 Å². The maximum Gasteiger partial charge on any atom is 0.126 e. The molecule has 0 aliphatic carbocycles. The van der Waals surface area contributed by atoms with Crippen molar-refractivity contribution in [3.05, 3.63) is 55.9 Å². The lowest BCUT2D eigenvalue weighted by Gasteiger charge is -2.15. The van der Waals surface area contributed by atoms with E-state index in [1.165, 1.54) is 10.9 Å². The molecule has 0 saturated carbocycles. The van der Waals surface area contributed by atoms with E-state index in [1.807, 2.05) is 0 Å². The molecule has 1 aromatic carbocycles. The van der Waals surface area contributed by atoms with Gasteiger partial charge in [-0.2, -0.15) is 0 Å². The van der Waals surface area contributed by atoms with E-state index in [0.717, 1.165) is 15.8 Å². The third-order valence-electron chi connectivity index (χ3n) is 3.01. The van der Waals surface area contributed by atoms with Crippen LogP contribution in [0.4, 0.5) is 4.39 Å². The van der Waals surface area contributed by atoms with E-state index in [0.29, 0.717) is 12.0 Å². The minimum Gasteiger partial charge on any atom is -0.271 e. The van der Waals surface area contributed by atoms with Crippen molar-refractivity contribution in [1.82, 2.24) is 5.43 Å². The number of benzene rings is 1. The lowest BCUT2D eigenvalue weighted by atomic mass is 10.0. The van der Waals surface area contributed by atoms with Crippen LogP contribution in [0.25, 0.3) is 0 Å². The molecule has 2 rings (SSSR count). The normalized spacial score (nSPS) is 12.6. The second-order valence-electron chi connectivity index (χ2n) is 4.32. The maximum absolute atomic E-state index is 13.8. The largest absolute Gasteiger partial charge is 0.271 e. The van der Waals surface area contributed by atoms with E-state index < -0.39 is 0 Å². The first-order chi connectivity index (χ1) is 9.13. The molecule has 2 aromatic rings. The number of hydrogen-bond acceptors (Lipinski definition) is 3. The van der Waals surface area contributed by atoms with Crippen LogP contribution in [-0.2, 0) is 12.8 Å². The Kier molecular flexibility index (Phi) is 5.10. The van der Waals surface area contributed by atoms with Gasteiger partial charge >= 0.3 is 0 Å². The van der Waals surface area contributed by atoms with Gasteiger partial charge in [0.15, 0.2) is 0 Å². The number of nitrogens with one attached hydrogen (secondary N) is 1. The summed E-state index contributed by atoms with van der Waals surface area (Å²) in [5.41, 5.74) is 3.44. The molecule has 1 heterocycles. The number of hydrazine groups is 1. The molecule has 2 nitrogen and oxygen atoms in total. The molecule has 0 spiro atoms.